The Bertz CT molecular complexity index is 572. The highest BCUT2D eigenvalue weighted by Crippen LogP contribution is 2.65. The zero-order valence-electron chi connectivity index (χ0n) is 19.0. The van der Waals surface area contributed by atoms with E-state index in [9.17, 15) is 4.79 Å². The lowest BCUT2D eigenvalue weighted by Gasteiger charge is -2.34. The minimum absolute atomic E-state index is 0.173. The SMILES string of the molecule is CCCC[P+](CCCC)(CCCC)C(CC)C(=O)Nc1c(C)cc(Cl)cc1C. The van der Waals surface area contributed by atoms with Crippen LogP contribution in [0.1, 0.15) is 83.8 Å². The lowest BCUT2D eigenvalue weighted by atomic mass is 10.1. The average Bonchev–Trinajstić information content (AvgIpc) is 2.65. The van der Waals surface area contributed by atoms with Gasteiger partial charge in [-0.25, -0.2) is 0 Å². The molecule has 0 fully saturated rings. The van der Waals surface area contributed by atoms with Crippen molar-refractivity contribution in [2.45, 2.75) is 92.1 Å². The second kappa shape index (κ2) is 12.9. The second-order valence-electron chi connectivity index (χ2n) is 8.28. The van der Waals surface area contributed by atoms with Gasteiger partial charge in [0.1, 0.15) is 5.66 Å². The lowest BCUT2D eigenvalue weighted by Crippen LogP contribution is -2.34. The van der Waals surface area contributed by atoms with E-state index in [-0.39, 0.29) is 11.6 Å². The number of halogens is 1. The van der Waals surface area contributed by atoms with Gasteiger partial charge >= 0.3 is 0 Å². The van der Waals surface area contributed by atoms with Crippen molar-refractivity contribution in [1.82, 2.24) is 0 Å². The predicted molar refractivity (Wildman–Crippen MR) is 130 cm³/mol. The van der Waals surface area contributed by atoms with Gasteiger partial charge in [0.25, 0.3) is 5.91 Å². The molecule has 0 spiro atoms. The number of hydrogen-bond acceptors (Lipinski definition) is 1. The highest BCUT2D eigenvalue weighted by atomic mass is 35.5. The van der Waals surface area contributed by atoms with Crippen molar-refractivity contribution in [2.24, 2.45) is 0 Å². The Labute approximate surface area is 179 Å². The van der Waals surface area contributed by atoms with Crippen LogP contribution in [0.4, 0.5) is 5.69 Å². The molecule has 4 heteroatoms. The van der Waals surface area contributed by atoms with E-state index in [0.29, 0.717) is 0 Å². The summed E-state index contributed by atoms with van der Waals surface area (Å²) in [6.07, 6.45) is 12.2. The number of carbonyl (C=O) groups excluding carboxylic acids is 1. The molecule has 0 saturated carbocycles. The molecular formula is C24H42ClNOP+. The fraction of sp³-hybridized carbons (Fsp3) is 0.708. The van der Waals surface area contributed by atoms with E-state index in [4.69, 9.17) is 11.6 Å². The Kier molecular flexibility index (Phi) is 11.7. The Morgan fingerprint density at radius 2 is 1.36 bits per heavy atom. The fourth-order valence-corrected chi connectivity index (χ4v) is 10.5. The normalized spacial score (nSPS) is 12.8. The maximum Gasteiger partial charge on any atom is 0.265 e. The van der Waals surface area contributed by atoms with Crippen LogP contribution in [0.5, 0.6) is 0 Å². The van der Waals surface area contributed by atoms with E-state index in [0.717, 1.165) is 28.3 Å². The van der Waals surface area contributed by atoms with Gasteiger partial charge < -0.3 is 5.32 Å². The van der Waals surface area contributed by atoms with Gasteiger partial charge in [-0.2, -0.15) is 0 Å². The van der Waals surface area contributed by atoms with Gasteiger partial charge in [0.15, 0.2) is 0 Å². The lowest BCUT2D eigenvalue weighted by molar-refractivity contribution is -0.115. The number of nitrogens with one attached hydrogen (secondary N) is 1. The molecule has 0 saturated heterocycles. The van der Waals surface area contributed by atoms with Crippen molar-refractivity contribution in [3.05, 3.63) is 28.3 Å². The molecule has 2 nitrogen and oxygen atoms in total. The summed E-state index contributed by atoms with van der Waals surface area (Å²) in [7, 11) is -1.33. The van der Waals surface area contributed by atoms with Crippen molar-refractivity contribution in [3.63, 3.8) is 0 Å². The van der Waals surface area contributed by atoms with Crippen molar-refractivity contribution in [1.29, 1.82) is 0 Å². The van der Waals surface area contributed by atoms with E-state index < -0.39 is 7.26 Å². The number of anilines is 1. The van der Waals surface area contributed by atoms with Crippen molar-refractivity contribution in [3.8, 4) is 0 Å². The first-order chi connectivity index (χ1) is 13.3. The molecule has 0 bridgehead atoms. The van der Waals surface area contributed by atoms with Crippen molar-refractivity contribution >= 4 is 30.5 Å². The number of hydrogen-bond donors (Lipinski definition) is 1. The first kappa shape index (κ1) is 25.4. The summed E-state index contributed by atoms with van der Waals surface area (Å²) >= 11 is 6.19. The van der Waals surface area contributed by atoms with Crippen LogP contribution >= 0.6 is 18.9 Å². The van der Waals surface area contributed by atoms with E-state index in [1.165, 1.54) is 57.0 Å². The zero-order valence-corrected chi connectivity index (χ0v) is 20.7. The first-order valence-corrected chi connectivity index (χ1v) is 14.1. The van der Waals surface area contributed by atoms with Gasteiger partial charge in [0, 0.05) is 18.0 Å². The van der Waals surface area contributed by atoms with E-state index >= 15 is 0 Å². The highest BCUT2D eigenvalue weighted by molar-refractivity contribution is 7.77. The van der Waals surface area contributed by atoms with Gasteiger partial charge in [-0.1, -0.05) is 58.6 Å². The summed E-state index contributed by atoms with van der Waals surface area (Å²) in [5.74, 6) is 0.243. The van der Waals surface area contributed by atoms with Crippen LogP contribution in [-0.4, -0.2) is 30.1 Å². The molecule has 0 aromatic heterocycles. The molecule has 0 radical (unpaired) electrons. The van der Waals surface area contributed by atoms with Gasteiger partial charge in [0.2, 0.25) is 0 Å². The van der Waals surface area contributed by atoms with Crippen molar-refractivity contribution in [2.75, 3.05) is 23.8 Å². The van der Waals surface area contributed by atoms with Crippen LogP contribution in [-0.2, 0) is 4.79 Å². The van der Waals surface area contributed by atoms with Gasteiger partial charge in [-0.15, -0.1) is 0 Å². The molecule has 1 atom stereocenters. The smallest absolute Gasteiger partial charge is 0.265 e. The molecule has 1 amide bonds. The van der Waals surface area contributed by atoms with E-state index in [2.05, 4.69) is 33.0 Å². The molecule has 0 aliphatic heterocycles. The minimum Gasteiger partial charge on any atom is -0.322 e. The van der Waals surface area contributed by atoms with Crippen LogP contribution in [0.2, 0.25) is 5.02 Å². The van der Waals surface area contributed by atoms with Gasteiger partial charge in [-0.3, -0.25) is 4.79 Å². The maximum absolute atomic E-state index is 13.6. The molecule has 1 unspecified atom stereocenters. The van der Waals surface area contributed by atoms with Crippen LogP contribution < -0.4 is 5.32 Å². The summed E-state index contributed by atoms with van der Waals surface area (Å²) < 4.78 is 0. The average molecular weight is 427 g/mol. The minimum atomic E-state index is -1.33. The molecule has 0 aliphatic rings. The van der Waals surface area contributed by atoms with Crippen LogP contribution in [0.25, 0.3) is 0 Å². The molecule has 1 rings (SSSR count). The fourth-order valence-electron chi connectivity index (χ4n) is 4.36. The Hall–Kier alpha value is -0.590. The topological polar surface area (TPSA) is 29.1 Å². The van der Waals surface area contributed by atoms with Crippen LogP contribution in [0.3, 0.4) is 0 Å². The van der Waals surface area contributed by atoms with E-state index in [1.807, 2.05) is 26.0 Å². The zero-order chi connectivity index (χ0) is 21.2. The number of unbranched alkanes of at least 4 members (excludes halogenated alkanes) is 3. The number of amides is 1. The summed E-state index contributed by atoms with van der Waals surface area (Å²) in [5, 5.41) is 4.05. The molecule has 28 heavy (non-hydrogen) atoms. The predicted octanol–water partition coefficient (Wildman–Crippen LogP) is 8.09. The first-order valence-electron chi connectivity index (χ1n) is 11.3. The summed E-state index contributed by atoms with van der Waals surface area (Å²) in [4.78, 5) is 13.6. The molecule has 0 heterocycles. The molecule has 160 valence electrons. The molecule has 0 aliphatic carbocycles. The number of aryl methyl sites for hydroxylation is 2. The quantitative estimate of drug-likeness (QED) is 0.317. The molecular weight excluding hydrogens is 385 g/mol. The second-order valence-corrected chi connectivity index (χ2v) is 13.1. The maximum atomic E-state index is 13.6. The largest absolute Gasteiger partial charge is 0.322 e. The molecule has 1 aromatic carbocycles. The third-order valence-electron chi connectivity index (χ3n) is 5.97. The standard InChI is InChI=1S/C24H41ClNOP/c1-7-11-14-28(15-12-8-2,16-13-9-3)22(10-4)24(27)26-23-19(5)17-21(25)18-20(23)6/h17-18,22H,7-16H2,1-6H3/p+1. The summed E-state index contributed by atoms with van der Waals surface area (Å²) in [6.45, 7) is 13.1. The Balaban J connectivity index is 3.20. The summed E-state index contributed by atoms with van der Waals surface area (Å²) in [6, 6.07) is 3.89. The van der Waals surface area contributed by atoms with Gasteiger partial charge in [0.05, 0.1) is 18.5 Å². The molecule has 1 aromatic rings. The van der Waals surface area contributed by atoms with Crippen LogP contribution in [0.15, 0.2) is 12.1 Å². The Morgan fingerprint density at radius 3 is 1.71 bits per heavy atom. The number of benzene rings is 1. The number of rotatable bonds is 13. The summed E-state index contributed by atoms with van der Waals surface area (Å²) in [5.41, 5.74) is 3.22. The number of carbonyl (C=O) groups is 1. The molecule has 1 N–H and O–H groups in total. The van der Waals surface area contributed by atoms with Gasteiger partial charge in [-0.05, 0) is 62.8 Å². The third-order valence-corrected chi connectivity index (χ3v) is 11.7. The monoisotopic (exact) mass is 426 g/mol. The van der Waals surface area contributed by atoms with Crippen LogP contribution in [0, 0.1) is 13.8 Å². The highest BCUT2D eigenvalue weighted by Gasteiger charge is 2.47. The van der Waals surface area contributed by atoms with E-state index in [1.54, 1.807) is 0 Å². The van der Waals surface area contributed by atoms with Crippen molar-refractivity contribution < 1.29 is 4.79 Å². The third kappa shape index (κ3) is 7.03. The Morgan fingerprint density at radius 1 is 0.929 bits per heavy atom.